The summed E-state index contributed by atoms with van der Waals surface area (Å²) in [6, 6.07) is 15.6. The minimum absolute atomic E-state index is 0.0992. The zero-order valence-electron chi connectivity index (χ0n) is 15.5. The second-order valence-corrected chi connectivity index (χ2v) is 7.15. The average molecular weight is 364 g/mol. The number of hydrogen-bond acceptors (Lipinski definition) is 3. The highest BCUT2D eigenvalue weighted by molar-refractivity contribution is 6.00. The molecule has 0 saturated heterocycles. The molecule has 4 rings (SSSR count). The molecule has 1 aliphatic carbocycles. The largest absolute Gasteiger partial charge is 0.492 e. The molecule has 5 nitrogen and oxygen atoms in total. The highest BCUT2D eigenvalue weighted by Gasteiger charge is 2.49. The summed E-state index contributed by atoms with van der Waals surface area (Å²) in [5.74, 6) is 0.212. The maximum atomic E-state index is 12.8. The third-order valence-electron chi connectivity index (χ3n) is 5.33. The van der Waals surface area contributed by atoms with Gasteiger partial charge in [0.1, 0.15) is 5.75 Å². The number of para-hydroxylation sites is 2. The van der Waals surface area contributed by atoms with Gasteiger partial charge in [0, 0.05) is 13.1 Å². The van der Waals surface area contributed by atoms with Crippen molar-refractivity contribution in [2.45, 2.75) is 26.3 Å². The molecule has 0 aromatic heterocycles. The van der Waals surface area contributed by atoms with E-state index in [4.69, 9.17) is 4.74 Å². The van der Waals surface area contributed by atoms with Crippen LogP contribution >= 0.6 is 0 Å². The summed E-state index contributed by atoms with van der Waals surface area (Å²) in [7, 11) is 0. The first-order valence-electron chi connectivity index (χ1n) is 9.55. The fraction of sp³-hybridized carbons (Fsp3) is 0.364. The fourth-order valence-electron chi connectivity index (χ4n) is 3.75. The highest BCUT2D eigenvalue weighted by atomic mass is 16.5. The van der Waals surface area contributed by atoms with Gasteiger partial charge < -0.3 is 15.0 Å². The molecule has 2 aromatic rings. The third-order valence-corrected chi connectivity index (χ3v) is 5.33. The molecule has 140 valence electrons. The molecule has 1 fully saturated rings. The summed E-state index contributed by atoms with van der Waals surface area (Å²) in [6.07, 6.45) is 1.51. The molecule has 0 radical (unpaired) electrons. The molecule has 0 bridgehead atoms. The van der Waals surface area contributed by atoms with Gasteiger partial charge in [-0.3, -0.25) is 9.59 Å². The van der Waals surface area contributed by atoms with Gasteiger partial charge in [-0.15, -0.1) is 0 Å². The van der Waals surface area contributed by atoms with Crippen LogP contribution < -0.4 is 10.1 Å². The maximum absolute atomic E-state index is 12.8. The number of carbonyl (C=O) groups excluding carboxylic acids is 2. The van der Waals surface area contributed by atoms with Gasteiger partial charge in [-0.25, -0.2) is 0 Å². The molecule has 5 heteroatoms. The van der Waals surface area contributed by atoms with E-state index in [0.29, 0.717) is 31.0 Å². The Bertz CT molecular complexity index is 864. The molecule has 27 heavy (non-hydrogen) atoms. The average Bonchev–Trinajstić information content (AvgIpc) is 3.50. The first kappa shape index (κ1) is 17.6. The van der Waals surface area contributed by atoms with Crippen LogP contribution in [-0.4, -0.2) is 29.9 Å². The van der Waals surface area contributed by atoms with Crippen molar-refractivity contribution in [3.05, 3.63) is 59.7 Å². The number of nitrogens with zero attached hydrogens (tertiary/aromatic N) is 1. The van der Waals surface area contributed by atoms with Gasteiger partial charge in [-0.05, 0) is 43.0 Å². The Morgan fingerprint density at radius 1 is 1.07 bits per heavy atom. The van der Waals surface area contributed by atoms with Gasteiger partial charge in [0.2, 0.25) is 11.8 Å². The van der Waals surface area contributed by atoms with Crippen LogP contribution in [0, 0.1) is 11.8 Å². The number of fused-ring (bicyclic) bond motifs is 1. The Morgan fingerprint density at radius 2 is 1.81 bits per heavy atom. The van der Waals surface area contributed by atoms with Crippen molar-refractivity contribution in [3.63, 3.8) is 0 Å². The second-order valence-electron chi connectivity index (χ2n) is 7.15. The van der Waals surface area contributed by atoms with E-state index in [9.17, 15) is 9.59 Å². The lowest BCUT2D eigenvalue weighted by Gasteiger charge is -2.29. The van der Waals surface area contributed by atoms with Crippen molar-refractivity contribution in [1.82, 2.24) is 4.90 Å². The van der Waals surface area contributed by atoms with Crippen LogP contribution in [0.1, 0.15) is 24.5 Å². The van der Waals surface area contributed by atoms with Gasteiger partial charge in [0.15, 0.2) is 0 Å². The summed E-state index contributed by atoms with van der Waals surface area (Å²) < 4.78 is 5.55. The van der Waals surface area contributed by atoms with Crippen molar-refractivity contribution in [3.8, 4) is 5.75 Å². The number of anilines is 1. The topological polar surface area (TPSA) is 58.6 Å². The van der Waals surface area contributed by atoms with Crippen molar-refractivity contribution in [2.75, 3.05) is 18.5 Å². The van der Waals surface area contributed by atoms with Crippen LogP contribution in [0.5, 0.6) is 5.75 Å². The molecule has 2 unspecified atom stereocenters. The van der Waals surface area contributed by atoms with Gasteiger partial charge in [0.25, 0.3) is 0 Å². The first-order valence-corrected chi connectivity index (χ1v) is 9.55. The van der Waals surface area contributed by atoms with E-state index in [1.54, 1.807) is 0 Å². The van der Waals surface area contributed by atoms with Crippen LogP contribution in [0.15, 0.2) is 48.5 Å². The molecule has 2 atom stereocenters. The molecule has 1 heterocycles. The summed E-state index contributed by atoms with van der Waals surface area (Å²) in [4.78, 5) is 27.3. The molecule has 2 amide bonds. The SMILES string of the molecule is CCOc1ccccc1NC(=O)C1CC1C(=O)N1CCc2ccccc2C1. The van der Waals surface area contributed by atoms with Gasteiger partial charge in [0.05, 0.1) is 24.1 Å². The first-order chi connectivity index (χ1) is 13.2. The number of amides is 2. The molecule has 2 aromatic carbocycles. The molecule has 1 N–H and O–H groups in total. The lowest BCUT2D eigenvalue weighted by Crippen LogP contribution is -2.37. The predicted molar refractivity (Wildman–Crippen MR) is 103 cm³/mol. The van der Waals surface area contributed by atoms with E-state index in [2.05, 4.69) is 17.4 Å². The Labute approximate surface area is 159 Å². The van der Waals surface area contributed by atoms with E-state index in [1.165, 1.54) is 11.1 Å². The third kappa shape index (κ3) is 3.68. The van der Waals surface area contributed by atoms with E-state index < -0.39 is 0 Å². The number of nitrogens with one attached hydrogen (secondary N) is 1. The summed E-state index contributed by atoms with van der Waals surface area (Å²) in [6.45, 7) is 3.82. The quantitative estimate of drug-likeness (QED) is 0.886. The monoisotopic (exact) mass is 364 g/mol. The Morgan fingerprint density at radius 3 is 2.63 bits per heavy atom. The van der Waals surface area contributed by atoms with E-state index in [0.717, 1.165) is 13.0 Å². The normalized spacial score (nSPS) is 20.6. The molecule has 1 aliphatic heterocycles. The van der Waals surface area contributed by atoms with E-state index in [1.807, 2.05) is 48.2 Å². The molecule has 2 aliphatic rings. The van der Waals surface area contributed by atoms with Gasteiger partial charge >= 0.3 is 0 Å². The molecule has 0 spiro atoms. The van der Waals surface area contributed by atoms with E-state index >= 15 is 0 Å². The lowest BCUT2D eigenvalue weighted by molar-refractivity contribution is -0.135. The summed E-state index contributed by atoms with van der Waals surface area (Å²) in [5.41, 5.74) is 3.19. The van der Waals surface area contributed by atoms with Crippen molar-refractivity contribution in [2.24, 2.45) is 11.8 Å². The van der Waals surface area contributed by atoms with Crippen molar-refractivity contribution >= 4 is 17.5 Å². The molecule has 1 saturated carbocycles. The Balaban J connectivity index is 1.37. The zero-order valence-corrected chi connectivity index (χ0v) is 15.5. The smallest absolute Gasteiger partial charge is 0.228 e. The van der Waals surface area contributed by atoms with Gasteiger partial charge in [-0.2, -0.15) is 0 Å². The minimum Gasteiger partial charge on any atom is -0.492 e. The minimum atomic E-state index is -0.246. The zero-order chi connectivity index (χ0) is 18.8. The number of ether oxygens (including phenoxy) is 1. The van der Waals surface area contributed by atoms with Crippen molar-refractivity contribution < 1.29 is 14.3 Å². The number of rotatable bonds is 5. The van der Waals surface area contributed by atoms with Gasteiger partial charge in [-0.1, -0.05) is 36.4 Å². The number of benzene rings is 2. The van der Waals surface area contributed by atoms with E-state index in [-0.39, 0.29) is 23.7 Å². The standard InChI is InChI=1S/C22H24N2O3/c1-2-27-20-10-6-5-9-19(20)23-21(25)17-13-18(17)22(26)24-12-11-15-7-3-4-8-16(15)14-24/h3-10,17-18H,2,11-14H2,1H3,(H,23,25). The second kappa shape index (κ2) is 7.43. The lowest BCUT2D eigenvalue weighted by atomic mass is 9.99. The summed E-state index contributed by atoms with van der Waals surface area (Å²) in [5, 5.41) is 2.93. The Hall–Kier alpha value is -2.82. The maximum Gasteiger partial charge on any atom is 0.228 e. The van der Waals surface area contributed by atoms with Crippen molar-refractivity contribution in [1.29, 1.82) is 0 Å². The van der Waals surface area contributed by atoms with Crippen LogP contribution in [-0.2, 0) is 22.6 Å². The van der Waals surface area contributed by atoms with Crippen LogP contribution in [0.4, 0.5) is 5.69 Å². The molecular formula is C22H24N2O3. The fourth-order valence-corrected chi connectivity index (χ4v) is 3.75. The summed E-state index contributed by atoms with van der Waals surface area (Å²) >= 11 is 0. The highest BCUT2D eigenvalue weighted by Crippen LogP contribution is 2.42. The number of carbonyl (C=O) groups is 2. The molecular weight excluding hydrogens is 340 g/mol. The Kier molecular flexibility index (Phi) is 4.84. The predicted octanol–water partition coefficient (Wildman–Crippen LogP) is 3.24. The van der Waals surface area contributed by atoms with Crippen LogP contribution in [0.2, 0.25) is 0 Å². The van der Waals surface area contributed by atoms with Crippen LogP contribution in [0.25, 0.3) is 0 Å². The number of hydrogen-bond donors (Lipinski definition) is 1. The van der Waals surface area contributed by atoms with Crippen LogP contribution in [0.3, 0.4) is 0 Å².